The fourth-order valence-corrected chi connectivity index (χ4v) is 2.61. The number of hydrogen-bond donors (Lipinski definition) is 0. The van der Waals surface area contributed by atoms with E-state index in [0.717, 1.165) is 17.9 Å². The molecule has 1 rings (SSSR count). The number of unbranched alkanes of at least 4 members (excludes halogenated alkanes) is 1. The van der Waals surface area contributed by atoms with Gasteiger partial charge in [-0.2, -0.15) is 11.8 Å². The lowest BCUT2D eigenvalue weighted by molar-refractivity contribution is 0.969. The normalized spacial score (nSPS) is 10.5. The molecule has 3 heteroatoms. The van der Waals surface area contributed by atoms with Crippen LogP contribution in [-0.4, -0.2) is 5.75 Å². The van der Waals surface area contributed by atoms with Crippen LogP contribution in [0.2, 0.25) is 10.0 Å². The molecule has 1 radical (unpaired) electrons. The van der Waals surface area contributed by atoms with Gasteiger partial charge in [0, 0.05) is 15.8 Å². The van der Waals surface area contributed by atoms with Crippen molar-refractivity contribution < 1.29 is 0 Å². The van der Waals surface area contributed by atoms with Gasteiger partial charge in [-0.05, 0) is 35.9 Å². The van der Waals surface area contributed by atoms with Crippen molar-refractivity contribution in [2.24, 2.45) is 0 Å². The van der Waals surface area contributed by atoms with Gasteiger partial charge < -0.3 is 0 Å². The zero-order valence-corrected chi connectivity index (χ0v) is 10.3. The number of benzene rings is 1. The lowest BCUT2D eigenvalue weighted by Crippen LogP contribution is -1.83. The fraction of sp³-hybridized carbons (Fsp3) is 0.364. The lowest BCUT2D eigenvalue weighted by Gasteiger charge is -2.02. The Hall–Kier alpha value is 0.150. The number of thioether (sulfide) groups is 1. The summed E-state index contributed by atoms with van der Waals surface area (Å²) in [4.78, 5) is 0. The molecular weight excluding hydrogens is 235 g/mol. The van der Waals surface area contributed by atoms with E-state index in [2.05, 4.69) is 6.92 Å². The van der Waals surface area contributed by atoms with Crippen molar-refractivity contribution in [2.45, 2.75) is 18.6 Å². The lowest BCUT2D eigenvalue weighted by atomic mass is 10.2. The van der Waals surface area contributed by atoms with Crippen molar-refractivity contribution in [3.8, 4) is 0 Å². The third kappa shape index (κ3) is 4.59. The van der Waals surface area contributed by atoms with Gasteiger partial charge in [0.05, 0.1) is 0 Å². The Labute approximate surface area is 100.0 Å². The first-order valence-corrected chi connectivity index (χ1v) is 6.45. The molecule has 0 amide bonds. The molecule has 0 heterocycles. The van der Waals surface area contributed by atoms with Gasteiger partial charge in [0.1, 0.15) is 0 Å². The van der Waals surface area contributed by atoms with Crippen LogP contribution in [0.5, 0.6) is 0 Å². The molecule has 0 aromatic heterocycles. The van der Waals surface area contributed by atoms with E-state index in [4.69, 9.17) is 23.2 Å². The van der Waals surface area contributed by atoms with Gasteiger partial charge in [-0.25, -0.2) is 0 Å². The molecule has 0 fully saturated rings. The Bertz CT molecular complexity index is 266. The van der Waals surface area contributed by atoms with Crippen LogP contribution >= 0.6 is 35.0 Å². The summed E-state index contributed by atoms with van der Waals surface area (Å²) in [5.41, 5.74) is 1.19. The zero-order chi connectivity index (χ0) is 10.4. The second-order valence-corrected chi connectivity index (χ2v) is 5.02. The average Bonchev–Trinajstić information content (AvgIpc) is 2.11. The highest BCUT2D eigenvalue weighted by molar-refractivity contribution is 7.98. The SMILES string of the molecule is [CH2]CCCSCc1cc(Cl)cc(Cl)c1. The topological polar surface area (TPSA) is 0 Å². The molecule has 1 aromatic carbocycles. The first-order chi connectivity index (χ1) is 6.72. The molecule has 0 aliphatic heterocycles. The predicted molar refractivity (Wildman–Crippen MR) is 67.2 cm³/mol. The number of halogens is 2. The van der Waals surface area contributed by atoms with E-state index in [1.807, 2.05) is 23.9 Å². The van der Waals surface area contributed by atoms with Gasteiger partial charge in [0.2, 0.25) is 0 Å². The van der Waals surface area contributed by atoms with E-state index >= 15 is 0 Å². The third-order valence-corrected chi connectivity index (χ3v) is 3.28. The van der Waals surface area contributed by atoms with Crippen molar-refractivity contribution in [1.82, 2.24) is 0 Å². The zero-order valence-electron chi connectivity index (χ0n) is 7.93. The van der Waals surface area contributed by atoms with Gasteiger partial charge in [-0.15, -0.1) is 0 Å². The van der Waals surface area contributed by atoms with Gasteiger partial charge in [-0.1, -0.05) is 36.5 Å². The molecule has 0 saturated carbocycles. The summed E-state index contributed by atoms with van der Waals surface area (Å²) in [6, 6.07) is 5.68. The van der Waals surface area contributed by atoms with Crippen LogP contribution in [0.1, 0.15) is 18.4 Å². The molecule has 77 valence electrons. The smallest absolute Gasteiger partial charge is 0.0423 e. The Morgan fingerprint density at radius 3 is 2.36 bits per heavy atom. The Morgan fingerprint density at radius 2 is 1.79 bits per heavy atom. The van der Waals surface area contributed by atoms with Crippen LogP contribution in [0.25, 0.3) is 0 Å². The quantitative estimate of drug-likeness (QED) is 0.672. The molecule has 0 unspecified atom stereocenters. The minimum absolute atomic E-state index is 0.713. The molecule has 0 nitrogen and oxygen atoms in total. The van der Waals surface area contributed by atoms with Crippen molar-refractivity contribution in [3.63, 3.8) is 0 Å². The van der Waals surface area contributed by atoms with E-state index in [0.29, 0.717) is 10.0 Å². The molecule has 0 atom stereocenters. The Balaban J connectivity index is 2.42. The van der Waals surface area contributed by atoms with Gasteiger partial charge in [0.15, 0.2) is 0 Å². The second-order valence-electron chi connectivity index (χ2n) is 3.04. The van der Waals surface area contributed by atoms with Crippen LogP contribution in [-0.2, 0) is 5.75 Å². The second kappa shape index (κ2) is 6.60. The van der Waals surface area contributed by atoms with Gasteiger partial charge >= 0.3 is 0 Å². The molecule has 0 N–H and O–H groups in total. The molecule has 0 saturated heterocycles. The minimum Gasteiger partial charge on any atom is -0.157 e. The Morgan fingerprint density at radius 1 is 1.14 bits per heavy atom. The van der Waals surface area contributed by atoms with E-state index < -0.39 is 0 Å². The van der Waals surface area contributed by atoms with Crippen LogP contribution < -0.4 is 0 Å². The van der Waals surface area contributed by atoms with Crippen molar-refractivity contribution >= 4 is 35.0 Å². The molecule has 0 bridgehead atoms. The maximum absolute atomic E-state index is 5.89. The standard InChI is InChI=1S/C11H13Cl2S/c1-2-3-4-14-8-9-5-10(12)7-11(13)6-9/h5-7H,1-4,8H2. The largest absolute Gasteiger partial charge is 0.157 e. The summed E-state index contributed by atoms with van der Waals surface area (Å²) in [6.07, 6.45) is 2.17. The maximum Gasteiger partial charge on any atom is 0.0423 e. The molecular formula is C11H13Cl2S. The molecule has 14 heavy (non-hydrogen) atoms. The number of hydrogen-bond acceptors (Lipinski definition) is 1. The highest BCUT2D eigenvalue weighted by Gasteiger charge is 1.98. The summed E-state index contributed by atoms with van der Waals surface area (Å²) in [7, 11) is 0. The van der Waals surface area contributed by atoms with Crippen molar-refractivity contribution in [2.75, 3.05) is 5.75 Å². The van der Waals surface area contributed by atoms with E-state index in [-0.39, 0.29) is 0 Å². The van der Waals surface area contributed by atoms with Crippen LogP contribution in [0.4, 0.5) is 0 Å². The van der Waals surface area contributed by atoms with Gasteiger partial charge in [-0.3, -0.25) is 0 Å². The van der Waals surface area contributed by atoms with Crippen LogP contribution in [0.3, 0.4) is 0 Å². The number of rotatable bonds is 5. The first-order valence-electron chi connectivity index (χ1n) is 4.54. The summed E-state index contributed by atoms with van der Waals surface area (Å²) < 4.78 is 0. The summed E-state index contributed by atoms with van der Waals surface area (Å²) in [6.45, 7) is 3.80. The van der Waals surface area contributed by atoms with Crippen molar-refractivity contribution in [3.05, 3.63) is 40.7 Å². The molecule has 0 aliphatic rings. The van der Waals surface area contributed by atoms with Crippen LogP contribution in [0.15, 0.2) is 18.2 Å². The highest BCUT2D eigenvalue weighted by Crippen LogP contribution is 2.22. The van der Waals surface area contributed by atoms with Gasteiger partial charge in [0.25, 0.3) is 0 Å². The third-order valence-electron chi connectivity index (χ3n) is 1.73. The van der Waals surface area contributed by atoms with E-state index in [9.17, 15) is 0 Å². The monoisotopic (exact) mass is 247 g/mol. The van der Waals surface area contributed by atoms with Crippen molar-refractivity contribution in [1.29, 1.82) is 0 Å². The molecule has 0 spiro atoms. The summed E-state index contributed by atoms with van der Waals surface area (Å²) >= 11 is 13.7. The first kappa shape index (κ1) is 12.2. The predicted octanol–water partition coefficient (Wildman–Crippen LogP) is 4.84. The average molecular weight is 248 g/mol. The van der Waals surface area contributed by atoms with Crippen LogP contribution in [0, 0.1) is 6.92 Å². The summed E-state index contributed by atoms with van der Waals surface area (Å²) in [5, 5.41) is 1.43. The highest BCUT2D eigenvalue weighted by atomic mass is 35.5. The fourth-order valence-electron chi connectivity index (χ4n) is 1.09. The summed E-state index contributed by atoms with van der Waals surface area (Å²) in [5.74, 6) is 2.12. The van der Waals surface area contributed by atoms with E-state index in [1.165, 1.54) is 12.0 Å². The van der Waals surface area contributed by atoms with E-state index in [1.54, 1.807) is 6.07 Å². The minimum atomic E-state index is 0.713. The molecule has 0 aliphatic carbocycles. The Kier molecular flexibility index (Phi) is 5.76. The molecule has 1 aromatic rings. The maximum atomic E-state index is 5.89.